The minimum atomic E-state index is -0.525. The number of amides is 1. The zero-order chi connectivity index (χ0) is 21.8. The Morgan fingerprint density at radius 2 is 1.90 bits per heavy atom. The van der Waals surface area contributed by atoms with Gasteiger partial charge in [0.2, 0.25) is 0 Å². The Morgan fingerprint density at radius 1 is 1.03 bits per heavy atom. The van der Waals surface area contributed by atoms with Gasteiger partial charge in [0.25, 0.3) is 11.5 Å². The van der Waals surface area contributed by atoms with Gasteiger partial charge in [0.1, 0.15) is 28.7 Å². The molecule has 4 aromatic heterocycles. The number of aryl methyl sites for hydroxylation is 2. The van der Waals surface area contributed by atoms with Crippen LogP contribution in [0.3, 0.4) is 0 Å². The fourth-order valence-electron chi connectivity index (χ4n) is 2.78. The van der Waals surface area contributed by atoms with Crippen molar-refractivity contribution in [3.05, 3.63) is 83.3 Å². The number of pyridine rings is 3. The van der Waals surface area contributed by atoms with E-state index in [4.69, 9.17) is 4.74 Å². The molecule has 4 aromatic rings. The van der Waals surface area contributed by atoms with Gasteiger partial charge in [-0.1, -0.05) is 0 Å². The zero-order valence-corrected chi connectivity index (χ0v) is 16.8. The van der Waals surface area contributed by atoms with Crippen molar-refractivity contribution in [2.45, 2.75) is 0 Å². The fraction of sp³-hybridized carbons (Fsp3) is 0.0952. The molecule has 4 heterocycles. The SMILES string of the molecule is Cn1cc(Nc2cc(Oc3ccc(NC(=O)c4cccn(C)c4=O)nc3)ccn2)cn1. The molecular weight excluding hydrogens is 398 g/mol. The number of nitrogens with one attached hydrogen (secondary N) is 2. The van der Waals surface area contributed by atoms with Crippen molar-refractivity contribution in [3.8, 4) is 11.5 Å². The summed E-state index contributed by atoms with van der Waals surface area (Å²) in [5, 5.41) is 9.85. The molecule has 0 bridgehead atoms. The monoisotopic (exact) mass is 417 g/mol. The van der Waals surface area contributed by atoms with E-state index in [-0.39, 0.29) is 11.1 Å². The number of rotatable bonds is 6. The lowest BCUT2D eigenvalue weighted by Gasteiger charge is -2.09. The van der Waals surface area contributed by atoms with Gasteiger partial charge in [0.05, 0.1) is 18.1 Å². The van der Waals surface area contributed by atoms with E-state index in [0.29, 0.717) is 23.1 Å². The van der Waals surface area contributed by atoms with Crippen molar-refractivity contribution >= 4 is 23.2 Å². The molecule has 0 aliphatic carbocycles. The molecule has 31 heavy (non-hydrogen) atoms. The van der Waals surface area contributed by atoms with E-state index in [9.17, 15) is 9.59 Å². The quantitative estimate of drug-likeness (QED) is 0.495. The van der Waals surface area contributed by atoms with Crippen LogP contribution < -0.4 is 20.9 Å². The molecule has 0 aromatic carbocycles. The molecular formula is C21H19N7O3. The van der Waals surface area contributed by atoms with Crippen LogP contribution in [-0.2, 0) is 14.1 Å². The van der Waals surface area contributed by atoms with Gasteiger partial charge in [-0.25, -0.2) is 9.97 Å². The lowest BCUT2D eigenvalue weighted by molar-refractivity contribution is 0.102. The second kappa shape index (κ2) is 8.49. The highest BCUT2D eigenvalue weighted by Gasteiger charge is 2.12. The number of carbonyl (C=O) groups excluding carboxylic acids is 1. The molecule has 0 spiro atoms. The van der Waals surface area contributed by atoms with Gasteiger partial charge in [0.15, 0.2) is 0 Å². The van der Waals surface area contributed by atoms with Crippen molar-refractivity contribution in [1.82, 2.24) is 24.3 Å². The van der Waals surface area contributed by atoms with Gasteiger partial charge in [-0.05, 0) is 30.3 Å². The van der Waals surface area contributed by atoms with Crippen molar-refractivity contribution < 1.29 is 9.53 Å². The van der Waals surface area contributed by atoms with Crippen molar-refractivity contribution in [1.29, 1.82) is 0 Å². The van der Waals surface area contributed by atoms with Gasteiger partial charge in [-0.2, -0.15) is 5.10 Å². The second-order valence-corrected chi connectivity index (χ2v) is 6.68. The van der Waals surface area contributed by atoms with Gasteiger partial charge in [-0.3, -0.25) is 14.3 Å². The molecule has 10 nitrogen and oxygen atoms in total. The van der Waals surface area contributed by atoms with E-state index >= 15 is 0 Å². The van der Waals surface area contributed by atoms with Gasteiger partial charge in [0, 0.05) is 38.8 Å². The predicted octanol–water partition coefficient (Wildman–Crippen LogP) is 2.70. The van der Waals surface area contributed by atoms with Crippen LogP contribution in [0.4, 0.5) is 17.3 Å². The first kappa shape index (κ1) is 19.8. The highest BCUT2D eigenvalue weighted by Crippen LogP contribution is 2.24. The third-order valence-electron chi connectivity index (χ3n) is 4.29. The lowest BCUT2D eigenvalue weighted by Crippen LogP contribution is -2.27. The summed E-state index contributed by atoms with van der Waals surface area (Å²) in [6.45, 7) is 0. The normalized spacial score (nSPS) is 10.5. The van der Waals surface area contributed by atoms with E-state index in [1.807, 2.05) is 13.2 Å². The van der Waals surface area contributed by atoms with E-state index < -0.39 is 5.91 Å². The Bertz CT molecular complexity index is 1280. The summed E-state index contributed by atoms with van der Waals surface area (Å²) in [6.07, 6.45) is 8.21. The number of anilines is 3. The van der Waals surface area contributed by atoms with E-state index in [2.05, 4.69) is 25.7 Å². The molecule has 0 radical (unpaired) electrons. The average molecular weight is 417 g/mol. The van der Waals surface area contributed by atoms with Crippen LogP contribution >= 0.6 is 0 Å². The maximum atomic E-state index is 12.3. The standard InChI is InChI=1S/C21H19N7O3/c1-27-9-3-4-17(21(27)30)20(29)26-18-6-5-16(12-23-18)31-15-7-8-22-19(10-15)25-14-11-24-28(2)13-14/h3-13H,1-2H3,(H,22,25)(H,23,26,29). The molecule has 1 amide bonds. The largest absolute Gasteiger partial charge is 0.456 e. The topological polar surface area (TPSA) is 116 Å². The zero-order valence-electron chi connectivity index (χ0n) is 16.8. The summed E-state index contributed by atoms with van der Waals surface area (Å²) >= 11 is 0. The maximum absolute atomic E-state index is 12.3. The first-order valence-corrected chi connectivity index (χ1v) is 9.30. The fourth-order valence-corrected chi connectivity index (χ4v) is 2.78. The molecule has 0 saturated heterocycles. The molecule has 156 valence electrons. The number of ether oxygens (including phenoxy) is 1. The predicted molar refractivity (Wildman–Crippen MR) is 115 cm³/mol. The maximum Gasteiger partial charge on any atom is 0.263 e. The first-order valence-electron chi connectivity index (χ1n) is 9.30. The Morgan fingerprint density at radius 3 is 2.65 bits per heavy atom. The Labute approximate surface area is 177 Å². The molecule has 0 aliphatic rings. The number of hydrogen-bond acceptors (Lipinski definition) is 7. The number of nitrogens with zero attached hydrogens (tertiary/aromatic N) is 5. The van der Waals surface area contributed by atoms with Crippen LogP contribution in [0.5, 0.6) is 11.5 Å². The van der Waals surface area contributed by atoms with Crippen LogP contribution in [0.1, 0.15) is 10.4 Å². The third kappa shape index (κ3) is 4.75. The molecule has 0 unspecified atom stereocenters. The molecule has 0 saturated carbocycles. The highest BCUT2D eigenvalue weighted by molar-refractivity contribution is 6.03. The van der Waals surface area contributed by atoms with Crippen LogP contribution in [0.15, 0.2) is 72.2 Å². The second-order valence-electron chi connectivity index (χ2n) is 6.68. The van der Waals surface area contributed by atoms with Crippen LogP contribution in [-0.4, -0.2) is 30.2 Å². The number of carbonyl (C=O) groups is 1. The first-order chi connectivity index (χ1) is 15.0. The molecule has 0 fully saturated rings. The van der Waals surface area contributed by atoms with Crippen molar-refractivity contribution in [3.63, 3.8) is 0 Å². The van der Waals surface area contributed by atoms with Gasteiger partial charge >= 0.3 is 0 Å². The van der Waals surface area contributed by atoms with Crippen LogP contribution in [0, 0.1) is 0 Å². The van der Waals surface area contributed by atoms with Gasteiger partial charge in [-0.15, -0.1) is 0 Å². The van der Waals surface area contributed by atoms with Crippen LogP contribution in [0.2, 0.25) is 0 Å². The van der Waals surface area contributed by atoms with E-state index in [0.717, 1.165) is 5.69 Å². The van der Waals surface area contributed by atoms with Crippen LogP contribution in [0.25, 0.3) is 0 Å². The van der Waals surface area contributed by atoms with Crippen molar-refractivity contribution in [2.75, 3.05) is 10.6 Å². The van der Waals surface area contributed by atoms with Gasteiger partial charge < -0.3 is 19.9 Å². The molecule has 4 rings (SSSR count). The number of aromatic nitrogens is 5. The molecule has 0 aliphatic heterocycles. The summed E-state index contributed by atoms with van der Waals surface area (Å²) in [5.41, 5.74) is 0.466. The minimum absolute atomic E-state index is 0.0394. The lowest BCUT2D eigenvalue weighted by atomic mass is 10.2. The van der Waals surface area contributed by atoms with E-state index in [1.165, 1.54) is 16.8 Å². The Balaban J connectivity index is 1.42. The summed E-state index contributed by atoms with van der Waals surface area (Å²) < 4.78 is 8.84. The summed E-state index contributed by atoms with van der Waals surface area (Å²) in [5.74, 6) is 1.42. The summed E-state index contributed by atoms with van der Waals surface area (Å²) in [4.78, 5) is 32.8. The highest BCUT2D eigenvalue weighted by atomic mass is 16.5. The molecule has 2 N–H and O–H groups in total. The average Bonchev–Trinajstić information content (AvgIpc) is 3.16. The number of hydrogen-bond donors (Lipinski definition) is 2. The van der Waals surface area contributed by atoms with Crippen molar-refractivity contribution in [2.24, 2.45) is 14.1 Å². The Hall–Kier alpha value is -4.47. The third-order valence-corrected chi connectivity index (χ3v) is 4.29. The minimum Gasteiger partial charge on any atom is -0.456 e. The van der Waals surface area contributed by atoms with E-state index in [1.54, 1.807) is 60.7 Å². The Kier molecular flexibility index (Phi) is 5.43. The smallest absolute Gasteiger partial charge is 0.263 e. The summed E-state index contributed by atoms with van der Waals surface area (Å²) in [7, 11) is 3.41. The summed E-state index contributed by atoms with van der Waals surface area (Å²) in [6, 6.07) is 9.82. The molecule has 0 atom stereocenters. The molecule has 10 heteroatoms.